The van der Waals surface area contributed by atoms with Gasteiger partial charge in [0.15, 0.2) is 0 Å². The van der Waals surface area contributed by atoms with Gasteiger partial charge in [-0.3, -0.25) is 4.98 Å². The molecule has 0 radical (unpaired) electrons. The number of hydrogen-bond donors (Lipinski definition) is 2. The molecule has 0 aliphatic rings. The number of benzene rings is 1. The van der Waals surface area contributed by atoms with Crippen LogP contribution in [0.15, 0.2) is 47.2 Å². The lowest BCUT2D eigenvalue weighted by Gasteiger charge is -2.09. The third-order valence-electron chi connectivity index (χ3n) is 2.61. The maximum absolute atomic E-state index is 11.8. The number of halogens is 1. The molecule has 0 unspecified atom stereocenters. The van der Waals surface area contributed by atoms with Crippen molar-refractivity contribution in [2.75, 3.05) is 12.4 Å². The molecule has 2 aromatic rings. The van der Waals surface area contributed by atoms with E-state index in [2.05, 4.69) is 31.5 Å². The number of hydrogen-bond acceptors (Lipinski definition) is 3. The summed E-state index contributed by atoms with van der Waals surface area (Å²) in [4.78, 5) is 15.7. The van der Waals surface area contributed by atoms with Crippen molar-refractivity contribution < 1.29 is 9.53 Å². The maximum Gasteiger partial charge on any atom is 0.319 e. The number of methoxy groups -OCH3 is 1. The van der Waals surface area contributed by atoms with Crippen molar-refractivity contribution in [1.29, 1.82) is 0 Å². The van der Waals surface area contributed by atoms with E-state index in [1.54, 1.807) is 31.6 Å². The third kappa shape index (κ3) is 3.96. The second kappa shape index (κ2) is 6.91. The number of ether oxygens (including phenoxy) is 1. The Morgan fingerprint density at radius 1 is 1.30 bits per heavy atom. The molecule has 0 saturated heterocycles. The number of nitrogens with zero attached hydrogens (tertiary/aromatic N) is 1. The number of aromatic nitrogens is 1. The van der Waals surface area contributed by atoms with Crippen LogP contribution in [0.3, 0.4) is 0 Å². The Morgan fingerprint density at radius 3 is 2.75 bits per heavy atom. The first kappa shape index (κ1) is 14.3. The van der Waals surface area contributed by atoms with Crippen LogP contribution in [-0.2, 0) is 6.54 Å². The predicted molar refractivity (Wildman–Crippen MR) is 80.8 cm³/mol. The summed E-state index contributed by atoms with van der Waals surface area (Å²) in [5.41, 5.74) is 1.65. The minimum absolute atomic E-state index is 0.272. The number of urea groups is 1. The van der Waals surface area contributed by atoms with Crippen LogP contribution in [0.25, 0.3) is 0 Å². The predicted octanol–water partition coefficient (Wildman–Crippen LogP) is 3.17. The molecular weight excluding hydrogens is 322 g/mol. The molecule has 2 amide bonds. The van der Waals surface area contributed by atoms with Crippen molar-refractivity contribution >= 4 is 27.6 Å². The normalized spacial score (nSPS) is 9.90. The Hall–Kier alpha value is -2.08. The highest BCUT2D eigenvalue weighted by Gasteiger charge is 2.05. The van der Waals surface area contributed by atoms with Crippen LogP contribution in [0.5, 0.6) is 5.75 Å². The van der Waals surface area contributed by atoms with Crippen LogP contribution >= 0.6 is 15.9 Å². The van der Waals surface area contributed by atoms with E-state index in [1.165, 1.54) is 0 Å². The number of carbonyl (C=O) groups excluding carboxylic acids is 1. The van der Waals surface area contributed by atoms with Crippen molar-refractivity contribution in [3.63, 3.8) is 0 Å². The van der Waals surface area contributed by atoms with E-state index in [9.17, 15) is 4.79 Å². The van der Waals surface area contributed by atoms with Gasteiger partial charge in [0.1, 0.15) is 5.75 Å². The smallest absolute Gasteiger partial charge is 0.319 e. The molecule has 0 fully saturated rings. The monoisotopic (exact) mass is 335 g/mol. The van der Waals surface area contributed by atoms with E-state index >= 15 is 0 Å². The van der Waals surface area contributed by atoms with Crippen molar-refractivity contribution in [2.24, 2.45) is 0 Å². The van der Waals surface area contributed by atoms with E-state index in [0.29, 0.717) is 18.0 Å². The van der Waals surface area contributed by atoms with Crippen LogP contribution < -0.4 is 15.4 Å². The molecule has 1 heterocycles. The molecule has 1 aromatic heterocycles. The largest absolute Gasteiger partial charge is 0.495 e. The van der Waals surface area contributed by atoms with E-state index in [4.69, 9.17) is 4.74 Å². The third-order valence-corrected chi connectivity index (χ3v) is 3.27. The van der Waals surface area contributed by atoms with Crippen LogP contribution in [0.1, 0.15) is 5.56 Å². The summed E-state index contributed by atoms with van der Waals surface area (Å²) in [7, 11) is 1.58. The molecule has 0 aliphatic heterocycles. The molecule has 0 bridgehead atoms. The molecule has 104 valence electrons. The van der Waals surface area contributed by atoms with Crippen molar-refractivity contribution in [2.45, 2.75) is 6.54 Å². The Kier molecular flexibility index (Phi) is 4.95. The van der Waals surface area contributed by atoms with Gasteiger partial charge in [0, 0.05) is 30.7 Å². The zero-order chi connectivity index (χ0) is 14.4. The molecule has 5 nitrogen and oxygen atoms in total. The number of anilines is 1. The number of pyridine rings is 1. The van der Waals surface area contributed by atoms with Gasteiger partial charge < -0.3 is 15.4 Å². The van der Waals surface area contributed by atoms with Crippen LogP contribution in [0.2, 0.25) is 0 Å². The highest BCUT2D eigenvalue weighted by Crippen LogP contribution is 2.27. The van der Waals surface area contributed by atoms with Gasteiger partial charge in [-0.15, -0.1) is 0 Å². The van der Waals surface area contributed by atoms with Gasteiger partial charge in [0.2, 0.25) is 0 Å². The average molecular weight is 336 g/mol. The SMILES string of the molecule is COc1cc(NC(=O)NCc2ccncc2)ccc1Br. The molecule has 1 aromatic carbocycles. The molecular formula is C14H14BrN3O2. The van der Waals surface area contributed by atoms with E-state index in [0.717, 1.165) is 10.0 Å². The first-order chi connectivity index (χ1) is 9.69. The summed E-state index contributed by atoms with van der Waals surface area (Å²) in [5, 5.41) is 5.52. The fourth-order valence-electron chi connectivity index (χ4n) is 1.60. The van der Waals surface area contributed by atoms with Crippen LogP contribution in [-0.4, -0.2) is 18.1 Å². The zero-order valence-corrected chi connectivity index (χ0v) is 12.5. The first-order valence-electron chi connectivity index (χ1n) is 5.96. The van der Waals surface area contributed by atoms with Gasteiger partial charge in [0.05, 0.1) is 11.6 Å². The molecule has 2 rings (SSSR count). The molecule has 0 aliphatic carbocycles. The summed E-state index contributed by atoms with van der Waals surface area (Å²) in [6, 6.07) is 8.78. The molecule has 6 heteroatoms. The lowest BCUT2D eigenvalue weighted by molar-refractivity contribution is 0.251. The summed E-state index contributed by atoms with van der Waals surface area (Å²) in [5.74, 6) is 0.664. The summed E-state index contributed by atoms with van der Waals surface area (Å²) in [6.07, 6.45) is 3.38. The first-order valence-corrected chi connectivity index (χ1v) is 6.75. The Bertz CT molecular complexity index is 590. The molecule has 2 N–H and O–H groups in total. The van der Waals surface area contributed by atoms with Gasteiger partial charge in [-0.2, -0.15) is 0 Å². The van der Waals surface area contributed by atoms with Crippen LogP contribution in [0.4, 0.5) is 10.5 Å². The Morgan fingerprint density at radius 2 is 2.05 bits per heavy atom. The Balaban J connectivity index is 1.91. The fraction of sp³-hybridized carbons (Fsp3) is 0.143. The van der Waals surface area contributed by atoms with Crippen LogP contribution in [0, 0.1) is 0 Å². The summed E-state index contributed by atoms with van der Waals surface area (Å²) in [6.45, 7) is 0.446. The Labute approximate surface area is 125 Å². The maximum atomic E-state index is 11.8. The minimum atomic E-state index is -0.272. The van der Waals surface area contributed by atoms with Gasteiger partial charge in [-0.1, -0.05) is 0 Å². The van der Waals surface area contributed by atoms with Gasteiger partial charge in [-0.25, -0.2) is 4.79 Å². The van der Waals surface area contributed by atoms with Crippen molar-refractivity contribution in [3.05, 3.63) is 52.8 Å². The molecule has 0 atom stereocenters. The van der Waals surface area contributed by atoms with Gasteiger partial charge >= 0.3 is 6.03 Å². The second-order valence-corrected chi connectivity index (χ2v) is 4.87. The topological polar surface area (TPSA) is 63.2 Å². The highest BCUT2D eigenvalue weighted by molar-refractivity contribution is 9.10. The number of nitrogens with one attached hydrogen (secondary N) is 2. The zero-order valence-electron chi connectivity index (χ0n) is 10.9. The van der Waals surface area contributed by atoms with E-state index in [1.807, 2.05) is 18.2 Å². The number of amides is 2. The lowest BCUT2D eigenvalue weighted by atomic mass is 10.3. The second-order valence-electron chi connectivity index (χ2n) is 4.01. The van der Waals surface area contributed by atoms with Crippen molar-refractivity contribution in [3.8, 4) is 5.75 Å². The van der Waals surface area contributed by atoms with E-state index < -0.39 is 0 Å². The standard InChI is InChI=1S/C14H14BrN3O2/c1-20-13-8-11(2-3-12(13)15)18-14(19)17-9-10-4-6-16-7-5-10/h2-8H,9H2,1H3,(H2,17,18,19). The highest BCUT2D eigenvalue weighted by atomic mass is 79.9. The lowest BCUT2D eigenvalue weighted by Crippen LogP contribution is -2.28. The average Bonchev–Trinajstić information content (AvgIpc) is 2.48. The summed E-state index contributed by atoms with van der Waals surface area (Å²) >= 11 is 3.36. The quantitative estimate of drug-likeness (QED) is 0.901. The minimum Gasteiger partial charge on any atom is -0.495 e. The number of carbonyl (C=O) groups is 1. The van der Waals surface area contributed by atoms with Gasteiger partial charge in [-0.05, 0) is 45.8 Å². The molecule has 0 saturated carbocycles. The fourth-order valence-corrected chi connectivity index (χ4v) is 2.00. The van der Waals surface area contributed by atoms with E-state index in [-0.39, 0.29) is 6.03 Å². The van der Waals surface area contributed by atoms with Gasteiger partial charge in [0.25, 0.3) is 0 Å². The molecule has 0 spiro atoms. The molecule has 20 heavy (non-hydrogen) atoms. The van der Waals surface area contributed by atoms with Crippen molar-refractivity contribution in [1.82, 2.24) is 10.3 Å². The number of rotatable bonds is 4. The summed E-state index contributed by atoms with van der Waals surface area (Å²) < 4.78 is 6.01.